The Morgan fingerprint density at radius 2 is 1.69 bits per heavy atom. The molecule has 2 heterocycles. The maximum absolute atomic E-state index is 12.2. The Morgan fingerprint density at radius 1 is 0.969 bits per heavy atom. The number of imidazole rings is 1. The number of benzene rings is 1. The minimum absolute atomic E-state index is 0.0223. The van der Waals surface area contributed by atoms with E-state index in [9.17, 15) is 14.4 Å². The number of carbonyl (C=O) groups is 3. The third-order valence-corrected chi connectivity index (χ3v) is 5.01. The van der Waals surface area contributed by atoms with E-state index < -0.39 is 0 Å². The number of rotatable bonds is 8. The van der Waals surface area contributed by atoms with Crippen LogP contribution in [0, 0.1) is 12.8 Å². The molecule has 164 valence electrons. The van der Waals surface area contributed by atoms with Gasteiger partial charge in [0.2, 0.25) is 5.91 Å². The van der Waals surface area contributed by atoms with E-state index in [1.165, 1.54) is 0 Å². The summed E-state index contributed by atoms with van der Waals surface area (Å²) in [6.45, 7) is 2.34. The van der Waals surface area contributed by atoms with Crippen molar-refractivity contribution in [1.29, 1.82) is 0 Å². The highest BCUT2D eigenvalue weighted by Crippen LogP contribution is 2.30. The van der Waals surface area contributed by atoms with Gasteiger partial charge in [0.1, 0.15) is 5.82 Å². The molecule has 0 radical (unpaired) electrons. The van der Waals surface area contributed by atoms with Crippen LogP contribution in [0.15, 0.2) is 48.8 Å². The van der Waals surface area contributed by atoms with Crippen LogP contribution in [0.4, 0.5) is 5.69 Å². The molecule has 3 aromatic rings. The molecule has 0 atom stereocenters. The van der Waals surface area contributed by atoms with Crippen LogP contribution in [-0.2, 0) is 4.79 Å². The Balaban J connectivity index is 1.20. The summed E-state index contributed by atoms with van der Waals surface area (Å²) in [7, 11) is 0. The zero-order chi connectivity index (χ0) is 22.5. The van der Waals surface area contributed by atoms with Crippen LogP contribution in [0.5, 0.6) is 0 Å². The van der Waals surface area contributed by atoms with Crippen molar-refractivity contribution in [1.82, 2.24) is 30.4 Å². The van der Waals surface area contributed by atoms with Crippen LogP contribution in [0.2, 0.25) is 0 Å². The highest BCUT2D eigenvalue weighted by atomic mass is 16.2. The summed E-state index contributed by atoms with van der Waals surface area (Å²) in [5.41, 5.74) is 1.32. The van der Waals surface area contributed by atoms with Crippen molar-refractivity contribution < 1.29 is 14.4 Å². The zero-order valence-corrected chi connectivity index (χ0v) is 17.5. The van der Waals surface area contributed by atoms with Gasteiger partial charge in [0.05, 0.1) is 0 Å². The predicted octanol–water partition coefficient (Wildman–Crippen LogP) is 1.48. The number of hydrogen-bond acceptors (Lipinski definition) is 6. The standard InChI is InChI=1S/C22H23N7O3/c1-14-23-12-13-29(14)19-9-8-18(27-28-19)22(32)25-11-10-24-20(30)15-4-6-17(7-5-15)26-21(31)16-2-3-16/h4-9,12-13,16H,2-3,10-11H2,1H3,(H,24,30)(H,25,32)(H,26,31). The summed E-state index contributed by atoms with van der Waals surface area (Å²) < 4.78 is 1.76. The van der Waals surface area contributed by atoms with E-state index in [0.717, 1.165) is 18.7 Å². The molecule has 10 heteroatoms. The average molecular weight is 433 g/mol. The fraction of sp³-hybridized carbons (Fsp3) is 0.273. The molecule has 0 bridgehead atoms. The third kappa shape index (κ3) is 5.15. The van der Waals surface area contributed by atoms with E-state index in [2.05, 4.69) is 31.1 Å². The molecule has 0 unspecified atom stereocenters. The summed E-state index contributed by atoms with van der Waals surface area (Å²) in [4.78, 5) is 40.4. The van der Waals surface area contributed by atoms with Crippen LogP contribution in [0.25, 0.3) is 5.82 Å². The molecule has 1 aliphatic rings. The first-order valence-electron chi connectivity index (χ1n) is 10.3. The smallest absolute Gasteiger partial charge is 0.271 e. The Kier molecular flexibility index (Phi) is 6.20. The van der Waals surface area contributed by atoms with Crippen LogP contribution in [-0.4, -0.2) is 50.6 Å². The van der Waals surface area contributed by atoms with Gasteiger partial charge < -0.3 is 16.0 Å². The molecule has 0 saturated heterocycles. The van der Waals surface area contributed by atoms with E-state index in [1.807, 2.05) is 6.92 Å². The van der Waals surface area contributed by atoms with E-state index >= 15 is 0 Å². The van der Waals surface area contributed by atoms with E-state index in [4.69, 9.17) is 0 Å². The third-order valence-electron chi connectivity index (χ3n) is 5.01. The summed E-state index contributed by atoms with van der Waals surface area (Å²) in [6.07, 6.45) is 5.30. The topological polar surface area (TPSA) is 131 Å². The Bertz CT molecular complexity index is 1120. The van der Waals surface area contributed by atoms with Crippen molar-refractivity contribution >= 4 is 23.4 Å². The fourth-order valence-corrected chi connectivity index (χ4v) is 3.03. The summed E-state index contributed by atoms with van der Waals surface area (Å²) in [5, 5.41) is 16.3. The van der Waals surface area contributed by atoms with Gasteiger partial charge in [0.15, 0.2) is 11.5 Å². The van der Waals surface area contributed by atoms with Gasteiger partial charge in [-0.2, -0.15) is 0 Å². The van der Waals surface area contributed by atoms with Gasteiger partial charge in [-0.3, -0.25) is 19.0 Å². The molecule has 4 rings (SSSR count). The SMILES string of the molecule is Cc1nccn1-c1ccc(C(=O)NCCNC(=O)c2ccc(NC(=O)C3CC3)cc2)nn1. The summed E-state index contributed by atoms with van der Waals surface area (Å²) >= 11 is 0. The average Bonchev–Trinajstić information content (AvgIpc) is 3.58. The monoisotopic (exact) mass is 433 g/mol. The Labute approximate surface area is 184 Å². The quantitative estimate of drug-likeness (QED) is 0.461. The van der Waals surface area contributed by atoms with Crippen LogP contribution in [0.1, 0.15) is 39.5 Å². The molecule has 3 N–H and O–H groups in total. The first kappa shape index (κ1) is 21.2. The molecule has 10 nitrogen and oxygen atoms in total. The Hall–Kier alpha value is -4.08. The molecule has 32 heavy (non-hydrogen) atoms. The van der Waals surface area contributed by atoms with Gasteiger partial charge in [0.25, 0.3) is 11.8 Å². The van der Waals surface area contributed by atoms with Crippen molar-refractivity contribution in [2.24, 2.45) is 5.92 Å². The number of amides is 3. The molecule has 1 aliphatic carbocycles. The van der Waals surface area contributed by atoms with E-state index in [-0.39, 0.29) is 42.4 Å². The van der Waals surface area contributed by atoms with Gasteiger partial charge in [-0.1, -0.05) is 0 Å². The van der Waals surface area contributed by atoms with Gasteiger partial charge >= 0.3 is 0 Å². The number of nitrogens with one attached hydrogen (secondary N) is 3. The first-order valence-corrected chi connectivity index (χ1v) is 10.3. The molecule has 0 spiro atoms. The lowest BCUT2D eigenvalue weighted by molar-refractivity contribution is -0.117. The number of hydrogen-bond donors (Lipinski definition) is 3. The second-order valence-corrected chi connectivity index (χ2v) is 7.47. The maximum Gasteiger partial charge on any atom is 0.271 e. The summed E-state index contributed by atoms with van der Waals surface area (Å²) in [5.74, 6) is 0.842. The largest absolute Gasteiger partial charge is 0.350 e. The van der Waals surface area contributed by atoms with Crippen molar-refractivity contribution in [3.05, 3.63) is 65.9 Å². The maximum atomic E-state index is 12.2. The van der Waals surface area contributed by atoms with Crippen molar-refractivity contribution in [2.75, 3.05) is 18.4 Å². The normalized spacial score (nSPS) is 12.8. The Morgan fingerprint density at radius 3 is 2.28 bits per heavy atom. The molecule has 1 aromatic carbocycles. The molecule has 3 amide bonds. The highest BCUT2D eigenvalue weighted by molar-refractivity contribution is 5.97. The lowest BCUT2D eigenvalue weighted by Gasteiger charge is -2.08. The fourth-order valence-electron chi connectivity index (χ4n) is 3.03. The lowest BCUT2D eigenvalue weighted by Crippen LogP contribution is -2.35. The zero-order valence-electron chi connectivity index (χ0n) is 17.5. The minimum atomic E-state index is -0.378. The highest BCUT2D eigenvalue weighted by Gasteiger charge is 2.29. The summed E-state index contributed by atoms with van der Waals surface area (Å²) in [6, 6.07) is 9.97. The number of nitrogens with zero attached hydrogens (tertiary/aromatic N) is 4. The van der Waals surface area contributed by atoms with Crippen molar-refractivity contribution in [3.8, 4) is 5.82 Å². The van der Waals surface area contributed by atoms with E-state index in [0.29, 0.717) is 17.1 Å². The second-order valence-electron chi connectivity index (χ2n) is 7.47. The van der Waals surface area contributed by atoms with Crippen LogP contribution < -0.4 is 16.0 Å². The van der Waals surface area contributed by atoms with Gasteiger partial charge in [0, 0.05) is 42.7 Å². The first-order chi connectivity index (χ1) is 15.5. The molecule has 1 fully saturated rings. The molecule has 2 aromatic heterocycles. The predicted molar refractivity (Wildman–Crippen MR) is 116 cm³/mol. The molecular weight excluding hydrogens is 410 g/mol. The van der Waals surface area contributed by atoms with Crippen molar-refractivity contribution in [2.45, 2.75) is 19.8 Å². The molecule has 1 saturated carbocycles. The minimum Gasteiger partial charge on any atom is -0.350 e. The van der Waals surface area contributed by atoms with Gasteiger partial charge in [-0.15, -0.1) is 10.2 Å². The number of aromatic nitrogens is 4. The van der Waals surface area contributed by atoms with Gasteiger partial charge in [-0.05, 0) is 56.2 Å². The number of aryl methyl sites for hydroxylation is 1. The van der Waals surface area contributed by atoms with Crippen LogP contribution in [0.3, 0.4) is 0 Å². The molecule has 0 aliphatic heterocycles. The van der Waals surface area contributed by atoms with Gasteiger partial charge in [-0.25, -0.2) is 4.98 Å². The van der Waals surface area contributed by atoms with Crippen LogP contribution >= 0.6 is 0 Å². The van der Waals surface area contributed by atoms with E-state index in [1.54, 1.807) is 53.4 Å². The number of anilines is 1. The van der Waals surface area contributed by atoms with Crippen molar-refractivity contribution in [3.63, 3.8) is 0 Å². The number of carbonyl (C=O) groups excluding carboxylic acids is 3. The molecular formula is C22H23N7O3. The second kappa shape index (κ2) is 9.38. The lowest BCUT2D eigenvalue weighted by atomic mass is 10.2.